The van der Waals surface area contributed by atoms with E-state index in [1.165, 1.54) is 14.2 Å². The molecule has 2 atom stereocenters. The third-order valence-electron chi connectivity index (χ3n) is 5.72. The minimum atomic E-state index is -1.92. The summed E-state index contributed by atoms with van der Waals surface area (Å²) in [6, 6.07) is 18.6. The Morgan fingerprint density at radius 3 is 1.77 bits per heavy atom. The number of rotatable bonds is 5. The smallest absolute Gasteiger partial charge is 0.334 e. The van der Waals surface area contributed by atoms with Crippen LogP contribution in [0.5, 0.6) is 0 Å². The lowest BCUT2D eigenvalue weighted by Crippen LogP contribution is -2.55. The van der Waals surface area contributed by atoms with E-state index < -0.39 is 22.2 Å². The number of hydrogen-bond acceptors (Lipinski definition) is 4. The highest BCUT2D eigenvalue weighted by atomic mass is 35.5. The summed E-state index contributed by atoms with van der Waals surface area (Å²) in [7, 11) is 2.51. The van der Waals surface area contributed by atoms with Gasteiger partial charge in [-0.2, -0.15) is 0 Å². The minimum absolute atomic E-state index is 0.337. The van der Waals surface area contributed by atoms with Crippen molar-refractivity contribution in [2.24, 2.45) is 0 Å². The average molecular weight is 425 g/mol. The first-order valence-electron chi connectivity index (χ1n) is 9.38. The van der Waals surface area contributed by atoms with Crippen molar-refractivity contribution in [2.45, 2.75) is 17.2 Å². The SMILES string of the molecule is COC(=O)C(C)(c1cc2ccccc2[nH]1)C(Cl)(C(=O)OC)c1cc2ccccc2[nH]1. The van der Waals surface area contributed by atoms with Gasteiger partial charge in [0, 0.05) is 16.7 Å². The third-order valence-corrected chi connectivity index (χ3v) is 6.45. The van der Waals surface area contributed by atoms with Gasteiger partial charge in [0.1, 0.15) is 5.41 Å². The largest absolute Gasteiger partial charge is 0.468 e. The summed E-state index contributed by atoms with van der Waals surface area (Å²) in [5.41, 5.74) is 0.739. The fraction of sp³-hybridized carbons (Fsp3) is 0.217. The van der Waals surface area contributed by atoms with Crippen LogP contribution in [-0.4, -0.2) is 36.1 Å². The molecule has 2 N–H and O–H groups in total. The lowest BCUT2D eigenvalue weighted by atomic mass is 9.71. The second-order valence-corrected chi connectivity index (χ2v) is 7.87. The Bertz CT molecular complexity index is 1100. The monoisotopic (exact) mass is 424 g/mol. The highest BCUT2D eigenvalue weighted by Crippen LogP contribution is 2.50. The molecule has 0 bridgehead atoms. The van der Waals surface area contributed by atoms with Crippen LogP contribution < -0.4 is 0 Å². The number of aromatic amines is 2. The molecule has 0 aliphatic carbocycles. The number of fused-ring (bicyclic) bond motifs is 2. The second-order valence-electron chi connectivity index (χ2n) is 7.31. The molecule has 0 amide bonds. The van der Waals surface area contributed by atoms with E-state index in [0.717, 1.165) is 21.8 Å². The molecule has 0 spiro atoms. The van der Waals surface area contributed by atoms with Crippen molar-refractivity contribution in [1.82, 2.24) is 9.97 Å². The summed E-state index contributed by atoms with van der Waals surface area (Å²) in [5.74, 6) is -1.45. The molecule has 0 aliphatic heterocycles. The Kier molecular flexibility index (Phi) is 4.82. The van der Waals surface area contributed by atoms with Crippen LogP contribution in [0, 0.1) is 0 Å². The number of hydrogen-bond donors (Lipinski definition) is 2. The van der Waals surface area contributed by atoms with Crippen molar-refractivity contribution in [3.8, 4) is 0 Å². The summed E-state index contributed by atoms with van der Waals surface area (Å²) in [4.78, 5) is 30.9. The first-order chi connectivity index (χ1) is 14.4. The van der Waals surface area contributed by atoms with Gasteiger partial charge in [-0.25, -0.2) is 4.79 Å². The van der Waals surface area contributed by atoms with Gasteiger partial charge in [0.2, 0.25) is 4.87 Å². The Labute approximate surface area is 178 Å². The highest BCUT2D eigenvalue weighted by Gasteiger charge is 2.63. The van der Waals surface area contributed by atoms with Crippen LogP contribution in [0.4, 0.5) is 0 Å². The van der Waals surface area contributed by atoms with Crippen molar-refractivity contribution in [3.05, 3.63) is 72.1 Å². The van der Waals surface area contributed by atoms with E-state index in [9.17, 15) is 9.59 Å². The van der Waals surface area contributed by atoms with Gasteiger partial charge in [0.05, 0.1) is 19.9 Å². The molecule has 6 nitrogen and oxygen atoms in total. The molecule has 0 fully saturated rings. The fourth-order valence-corrected chi connectivity index (χ4v) is 4.32. The van der Waals surface area contributed by atoms with Crippen LogP contribution in [0.25, 0.3) is 21.8 Å². The molecule has 0 radical (unpaired) electrons. The maximum absolute atomic E-state index is 13.2. The molecule has 4 rings (SSSR count). The van der Waals surface area contributed by atoms with Gasteiger partial charge in [-0.3, -0.25) is 4.79 Å². The molecule has 7 heteroatoms. The summed E-state index contributed by atoms with van der Waals surface area (Å²) < 4.78 is 10.2. The molecule has 2 heterocycles. The van der Waals surface area contributed by atoms with Gasteiger partial charge in [-0.15, -0.1) is 0 Å². The summed E-state index contributed by atoms with van der Waals surface area (Å²) in [5, 5.41) is 1.73. The van der Waals surface area contributed by atoms with Crippen LogP contribution in [0.3, 0.4) is 0 Å². The summed E-state index contributed by atoms with van der Waals surface area (Å²) in [6.07, 6.45) is 0. The molecule has 2 aromatic heterocycles. The van der Waals surface area contributed by atoms with E-state index >= 15 is 0 Å². The molecular formula is C23H21ClN2O4. The lowest BCUT2D eigenvalue weighted by molar-refractivity contribution is -0.158. The first-order valence-corrected chi connectivity index (χ1v) is 9.76. The predicted octanol–water partition coefficient (Wildman–Crippen LogP) is 4.39. The van der Waals surface area contributed by atoms with Gasteiger partial charge in [0.25, 0.3) is 0 Å². The van der Waals surface area contributed by atoms with Crippen LogP contribution in [0.2, 0.25) is 0 Å². The number of carbonyl (C=O) groups excluding carboxylic acids is 2. The Morgan fingerprint density at radius 2 is 1.27 bits per heavy atom. The van der Waals surface area contributed by atoms with E-state index in [1.54, 1.807) is 19.1 Å². The quantitative estimate of drug-likeness (QED) is 0.367. The number of carbonyl (C=O) groups is 2. The van der Waals surface area contributed by atoms with Gasteiger partial charge < -0.3 is 19.4 Å². The second kappa shape index (κ2) is 7.22. The number of benzene rings is 2. The molecule has 2 aromatic carbocycles. The first kappa shape index (κ1) is 20.0. The van der Waals surface area contributed by atoms with E-state index in [2.05, 4.69) is 9.97 Å². The van der Waals surface area contributed by atoms with E-state index in [1.807, 2.05) is 48.5 Å². The number of halogens is 1. The van der Waals surface area contributed by atoms with Crippen molar-refractivity contribution in [3.63, 3.8) is 0 Å². The average Bonchev–Trinajstić information content (AvgIpc) is 3.41. The standard InChI is InChI=1S/C23H21ClN2O4/c1-22(20(27)29-2,18-12-14-8-4-6-10-16(14)25-18)23(24,21(28)30-3)19-13-15-9-5-7-11-17(15)26-19/h4-13,25-26H,1-3H3. The van der Waals surface area contributed by atoms with Gasteiger partial charge in [-0.05, 0) is 42.0 Å². The number of alkyl halides is 1. The Hall–Kier alpha value is -3.25. The normalized spacial score (nSPS) is 15.5. The van der Waals surface area contributed by atoms with Crippen molar-refractivity contribution >= 4 is 45.3 Å². The van der Waals surface area contributed by atoms with Crippen LogP contribution in [-0.2, 0) is 29.4 Å². The molecule has 0 aliphatic rings. The zero-order valence-electron chi connectivity index (χ0n) is 16.8. The van der Waals surface area contributed by atoms with Crippen LogP contribution in [0.1, 0.15) is 18.3 Å². The number of aromatic nitrogens is 2. The molecule has 0 saturated heterocycles. The van der Waals surface area contributed by atoms with Crippen molar-refractivity contribution < 1.29 is 19.1 Å². The Morgan fingerprint density at radius 1 is 0.800 bits per heavy atom. The number of methoxy groups -OCH3 is 2. The zero-order valence-corrected chi connectivity index (χ0v) is 17.5. The lowest BCUT2D eigenvalue weighted by Gasteiger charge is -2.38. The maximum Gasteiger partial charge on any atom is 0.334 e. The van der Waals surface area contributed by atoms with Crippen LogP contribution >= 0.6 is 11.6 Å². The van der Waals surface area contributed by atoms with E-state index in [4.69, 9.17) is 21.1 Å². The van der Waals surface area contributed by atoms with Gasteiger partial charge >= 0.3 is 11.9 Å². The minimum Gasteiger partial charge on any atom is -0.468 e. The van der Waals surface area contributed by atoms with E-state index in [-0.39, 0.29) is 0 Å². The molecule has 154 valence electrons. The number of esters is 2. The van der Waals surface area contributed by atoms with Crippen molar-refractivity contribution in [1.29, 1.82) is 0 Å². The number of ether oxygens (including phenoxy) is 2. The highest BCUT2D eigenvalue weighted by molar-refractivity contribution is 6.37. The maximum atomic E-state index is 13.2. The van der Waals surface area contributed by atoms with Crippen molar-refractivity contribution in [2.75, 3.05) is 14.2 Å². The predicted molar refractivity (Wildman–Crippen MR) is 116 cm³/mol. The van der Waals surface area contributed by atoms with E-state index in [0.29, 0.717) is 11.4 Å². The molecule has 0 saturated carbocycles. The third kappa shape index (κ3) is 2.71. The Balaban J connectivity index is 2.03. The number of nitrogens with one attached hydrogen (secondary N) is 2. The molecule has 30 heavy (non-hydrogen) atoms. The molecular weight excluding hydrogens is 404 g/mol. The molecule has 4 aromatic rings. The van der Waals surface area contributed by atoms with Gasteiger partial charge in [0.15, 0.2) is 0 Å². The zero-order chi connectivity index (χ0) is 21.5. The summed E-state index contributed by atoms with van der Waals surface area (Å²) in [6.45, 7) is 1.58. The fourth-order valence-electron chi connectivity index (χ4n) is 3.97. The number of para-hydroxylation sites is 2. The number of H-pyrrole nitrogens is 2. The summed E-state index contributed by atoms with van der Waals surface area (Å²) >= 11 is 7.10. The topological polar surface area (TPSA) is 84.2 Å². The van der Waals surface area contributed by atoms with Crippen LogP contribution in [0.15, 0.2) is 60.7 Å². The van der Waals surface area contributed by atoms with Gasteiger partial charge in [-0.1, -0.05) is 48.0 Å². The molecule has 2 unspecified atom stereocenters.